The second-order valence-corrected chi connectivity index (χ2v) is 8.42. The smallest absolute Gasteiger partial charge is 0.271 e. The summed E-state index contributed by atoms with van der Waals surface area (Å²) in [6.07, 6.45) is 4.05. The molecule has 1 N–H and O–H groups in total. The van der Waals surface area contributed by atoms with E-state index in [1.165, 1.54) is 16.8 Å². The Bertz CT molecular complexity index is 1090. The number of benzene rings is 2. The van der Waals surface area contributed by atoms with Crippen molar-refractivity contribution < 1.29 is 17.6 Å². The molecule has 150 valence electrons. The minimum atomic E-state index is -3.50. The topological polar surface area (TPSA) is 92.0 Å². The fourth-order valence-corrected chi connectivity index (χ4v) is 3.51. The standard InChI is InChI=1S/C21H21N3O4S/c1-16-5-7-17(8-6-16)15-24(29(2,26)27)19-11-9-18(10-12-19)21(25)23-22-14-20-4-3-13-28-20/h3-14H,15H2,1-2H3,(H,23,25)/b22-14-. The molecule has 0 aliphatic carbocycles. The van der Waals surface area contributed by atoms with Gasteiger partial charge in [0.1, 0.15) is 5.76 Å². The summed E-state index contributed by atoms with van der Waals surface area (Å²) in [5.41, 5.74) is 5.20. The first kappa shape index (κ1) is 20.3. The van der Waals surface area contributed by atoms with Crippen molar-refractivity contribution in [3.63, 3.8) is 0 Å². The van der Waals surface area contributed by atoms with Gasteiger partial charge < -0.3 is 4.42 Å². The van der Waals surface area contributed by atoms with Gasteiger partial charge in [-0.25, -0.2) is 13.8 Å². The SMILES string of the molecule is Cc1ccc(CN(c2ccc(C(=O)N/N=C\c3ccco3)cc2)S(C)(=O)=O)cc1. The van der Waals surface area contributed by atoms with Gasteiger partial charge in [-0.1, -0.05) is 29.8 Å². The third kappa shape index (κ3) is 5.55. The van der Waals surface area contributed by atoms with E-state index in [1.54, 1.807) is 36.4 Å². The van der Waals surface area contributed by atoms with Gasteiger partial charge in [0.25, 0.3) is 5.91 Å². The zero-order valence-corrected chi connectivity index (χ0v) is 16.9. The number of hydrogen-bond donors (Lipinski definition) is 1. The number of anilines is 1. The van der Waals surface area contributed by atoms with Crippen molar-refractivity contribution in [2.24, 2.45) is 5.10 Å². The zero-order valence-electron chi connectivity index (χ0n) is 16.1. The molecule has 0 aliphatic heterocycles. The molecule has 0 aliphatic rings. The van der Waals surface area contributed by atoms with Gasteiger partial charge in [0.2, 0.25) is 10.0 Å². The molecule has 1 heterocycles. The van der Waals surface area contributed by atoms with Crippen molar-refractivity contribution >= 4 is 27.8 Å². The van der Waals surface area contributed by atoms with E-state index in [2.05, 4.69) is 10.5 Å². The average Bonchev–Trinajstić information content (AvgIpc) is 3.20. The van der Waals surface area contributed by atoms with Crippen LogP contribution >= 0.6 is 0 Å². The molecule has 0 atom stereocenters. The fourth-order valence-electron chi connectivity index (χ4n) is 2.62. The third-order valence-corrected chi connectivity index (χ3v) is 5.31. The molecule has 0 radical (unpaired) electrons. The maximum absolute atomic E-state index is 12.3. The minimum absolute atomic E-state index is 0.206. The predicted molar refractivity (Wildman–Crippen MR) is 112 cm³/mol. The fraction of sp³-hybridized carbons (Fsp3) is 0.143. The molecule has 3 aromatic rings. The number of carbonyl (C=O) groups is 1. The van der Waals surface area contributed by atoms with Crippen molar-refractivity contribution in [1.29, 1.82) is 0 Å². The Labute approximate surface area is 169 Å². The molecular formula is C21H21N3O4S. The number of furan rings is 1. The number of aryl methyl sites for hydroxylation is 1. The summed E-state index contributed by atoms with van der Waals surface area (Å²) >= 11 is 0. The predicted octanol–water partition coefficient (Wildman–Crippen LogP) is 3.32. The normalized spacial score (nSPS) is 11.5. The van der Waals surface area contributed by atoms with Crippen LogP contribution in [0.4, 0.5) is 5.69 Å². The molecular weight excluding hydrogens is 390 g/mol. The zero-order chi connectivity index (χ0) is 20.9. The van der Waals surface area contributed by atoms with E-state index < -0.39 is 15.9 Å². The summed E-state index contributed by atoms with van der Waals surface area (Å²) in [6.45, 7) is 2.18. The molecule has 29 heavy (non-hydrogen) atoms. The molecule has 0 unspecified atom stereocenters. The number of sulfonamides is 1. The lowest BCUT2D eigenvalue weighted by atomic mass is 10.1. The van der Waals surface area contributed by atoms with Crippen molar-refractivity contribution in [2.45, 2.75) is 13.5 Å². The Morgan fingerprint density at radius 3 is 2.38 bits per heavy atom. The van der Waals surface area contributed by atoms with Gasteiger partial charge in [-0.3, -0.25) is 9.10 Å². The highest BCUT2D eigenvalue weighted by molar-refractivity contribution is 7.92. The molecule has 1 amide bonds. The minimum Gasteiger partial charge on any atom is -0.463 e. The first-order valence-corrected chi connectivity index (χ1v) is 10.7. The van der Waals surface area contributed by atoms with E-state index >= 15 is 0 Å². The van der Waals surface area contributed by atoms with E-state index in [0.717, 1.165) is 17.4 Å². The van der Waals surface area contributed by atoms with Crippen LogP contribution in [0.2, 0.25) is 0 Å². The molecule has 3 rings (SSSR count). The number of nitrogens with zero attached hydrogens (tertiary/aromatic N) is 2. The van der Waals surface area contributed by atoms with Gasteiger partial charge >= 0.3 is 0 Å². The van der Waals surface area contributed by atoms with Crippen LogP contribution < -0.4 is 9.73 Å². The second-order valence-electron chi connectivity index (χ2n) is 6.52. The number of amides is 1. The van der Waals surface area contributed by atoms with Crippen LogP contribution in [0.25, 0.3) is 0 Å². The summed E-state index contributed by atoms with van der Waals surface area (Å²) in [4.78, 5) is 12.2. The summed E-state index contributed by atoms with van der Waals surface area (Å²) in [6, 6.07) is 17.4. The van der Waals surface area contributed by atoms with Gasteiger partial charge in [0.05, 0.1) is 31.0 Å². The van der Waals surface area contributed by atoms with Gasteiger partial charge in [-0.15, -0.1) is 0 Å². The van der Waals surface area contributed by atoms with Crippen molar-refractivity contribution in [1.82, 2.24) is 5.43 Å². The van der Waals surface area contributed by atoms with Crippen LogP contribution in [0.3, 0.4) is 0 Å². The quantitative estimate of drug-likeness (QED) is 0.477. The van der Waals surface area contributed by atoms with Gasteiger partial charge in [-0.2, -0.15) is 5.10 Å². The van der Waals surface area contributed by atoms with E-state index in [9.17, 15) is 13.2 Å². The first-order chi connectivity index (χ1) is 13.8. The Balaban J connectivity index is 1.73. The summed E-state index contributed by atoms with van der Waals surface area (Å²) in [5, 5.41) is 3.83. The van der Waals surface area contributed by atoms with Gasteiger partial charge in [0.15, 0.2) is 0 Å². The van der Waals surface area contributed by atoms with Crippen molar-refractivity contribution in [3.05, 3.63) is 89.4 Å². The van der Waals surface area contributed by atoms with Gasteiger partial charge in [-0.05, 0) is 48.9 Å². The number of hydrazone groups is 1. The van der Waals surface area contributed by atoms with E-state index in [1.807, 2.05) is 31.2 Å². The highest BCUT2D eigenvalue weighted by Gasteiger charge is 2.18. The largest absolute Gasteiger partial charge is 0.463 e. The monoisotopic (exact) mass is 411 g/mol. The lowest BCUT2D eigenvalue weighted by Crippen LogP contribution is -2.29. The molecule has 7 nitrogen and oxygen atoms in total. The molecule has 1 aromatic heterocycles. The van der Waals surface area contributed by atoms with Crippen LogP contribution in [0.15, 0.2) is 76.4 Å². The molecule has 0 bridgehead atoms. The Kier molecular flexibility index (Phi) is 6.13. The highest BCUT2D eigenvalue weighted by atomic mass is 32.2. The summed E-state index contributed by atoms with van der Waals surface area (Å²) in [5.74, 6) is 0.101. The number of hydrogen-bond acceptors (Lipinski definition) is 5. The number of nitrogens with one attached hydrogen (secondary N) is 1. The molecule has 0 spiro atoms. The Morgan fingerprint density at radius 1 is 1.10 bits per heavy atom. The van der Waals surface area contributed by atoms with Crippen LogP contribution in [0, 0.1) is 6.92 Å². The molecule has 0 fully saturated rings. The number of carbonyl (C=O) groups excluding carboxylic acids is 1. The van der Waals surface area contributed by atoms with Gasteiger partial charge in [0, 0.05) is 5.56 Å². The lowest BCUT2D eigenvalue weighted by molar-refractivity contribution is 0.0955. The van der Waals surface area contributed by atoms with Crippen LogP contribution in [0.1, 0.15) is 27.2 Å². The molecule has 2 aromatic carbocycles. The summed E-state index contributed by atoms with van der Waals surface area (Å²) in [7, 11) is -3.50. The third-order valence-electron chi connectivity index (χ3n) is 4.17. The first-order valence-electron chi connectivity index (χ1n) is 8.83. The maximum Gasteiger partial charge on any atom is 0.271 e. The second kappa shape index (κ2) is 8.74. The maximum atomic E-state index is 12.3. The molecule has 0 saturated carbocycles. The van der Waals surface area contributed by atoms with Crippen LogP contribution in [0.5, 0.6) is 0 Å². The van der Waals surface area contributed by atoms with E-state index in [4.69, 9.17) is 4.42 Å². The van der Waals surface area contributed by atoms with Crippen molar-refractivity contribution in [3.8, 4) is 0 Å². The van der Waals surface area contributed by atoms with Crippen LogP contribution in [-0.4, -0.2) is 26.8 Å². The molecule has 0 saturated heterocycles. The van der Waals surface area contributed by atoms with E-state index in [-0.39, 0.29) is 6.54 Å². The lowest BCUT2D eigenvalue weighted by Gasteiger charge is -2.22. The number of rotatable bonds is 7. The highest BCUT2D eigenvalue weighted by Crippen LogP contribution is 2.21. The summed E-state index contributed by atoms with van der Waals surface area (Å²) < 4.78 is 31.0. The Hall–Kier alpha value is -3.39. The Morgan fingerprint density at radius 2 is 1.79 bits per heavy atom. The molecule has 8 heteroatoms. The average molecular weight is 411 g/mol. The van der Waals surface area contributed by atoms with Crippen LogP contribution in [-0.2, 0) is 16.6 Å². The van der Waals surface area contributed by atoms with Crippen molar-refractivity contribution in [2.75, 3.05) is 10.6 Å². The van der Waals surface area contributed by atoms with E-state index in [0.29, 0.717) is 17.0 Å².